The monoisotopic (exact) mass is 281 g/mol. The highest BCUT2D eigenvalue weighted by molar-refractivity contribution is 5.76. The molecular weight excluding hydrogens is 250 g/mol. The highest BCUT2D eigenvalue weighted by Gasteiger charge is 2.38. The van der Waals surface area contributed by atoms with E-state index in [1.54, 1.807) is 0 Å². The van der Waals surface area contributed by atoms with E-state index in [9.17, 15) is 4.79 Å². The van der Waals surface area contributed by atoms with Crippen molar-refractivity contribution >= 4 is 5.97 Å². The summed E-state index contributed by atoms with van der Waals surface area (Å²) < 4.78 is 5.58. The van der Waals surface area contributed by atoms with Gasteiger partial charge < -0.3 is 10.1 Å². The molecule has 1 heterocycles. The zero-order valence-electron chi connectivity index (χ0n) is 13.2. The molecule has 0 aromatic carbocycles. The molecule has 0 amide bonds. The molecule has 4 atom stereocenters. The molecule has 0 radical (unpaired) electrons. The Morgan fingerprint density at radius 3 is 2.80 bits per heavy atom. The second-order valence-electron chi connectivity index (χ2n) is 6.65. The Morgan fingerprint density at radius 2 is 2.10 bits per heavy atom. The fraction of sp³-hybridized carbons (Fsp3) is 0.941. The lowest BCUT2D eigenvalue weighted by Gasteiger charge is -2.24. The van der Waals surface area contributed by atoms with Gasteiger partial charge in [-0.3, -0.25) is 4.79 Å². The Bertz CT molecular complexity index is 291. The molecule has 0 aromatic heterocycles. The molecule has 3 heteroatoms. The SMILES string of the molecule is CCCCC(CC)COC(=O)C1CC2CCCCC2N1. The van der Waals surface area contributed by atoms with Crippen molar-refractivity contribution in [3.63, 3.8) is 0 Å². The summed E-state index contributed by atoms with van der Waals surface area (Å²) in [4.78, 5) is 12.2. The van der Waals surface area contributed by atoms with Crippen LogP contribution in [0.1, 0.15) is 71.6 Å². The lowest BCUT2D eigenvalue weighted by atomic mass is 9.85. The summed E-state index contributed by atoms with van der Waals surface area (Å²) in [6.07, 6.45) is 10.9. The topological polar surface area (TPSA) is 38.3 Å². The Morgan fingerprint density at radius 1 is 1.30 bits per heavy atom. The lowest BCUT2D eigenvalue weighted by molar-refractivity contribution is -0.147. The molecule has 0 aromatic rings. The molecule has 116 valence electrons. The first-order chi connectivity index (χ1) is 9.74. The Kier molecular flexibility index (Phi) is 6.34. The third-order valence-corrected chi connectivity index (χ3v) is 5.15. The minimum atomic E-state index is -0.0354. The predicted molar refractivity (Wildman–Crippen MR) is 81.6 cm³/mol. The quantitative estimate of drug-likeness (QED) is 0.724. The van der Waals surface area contributed by atoms with Gasteiger partial charge in [0.25, 0.3) is 0 Å². The van der Waals surface area contributed by atoms with Gasteiger partial charge in [-0.05, 0) is 37.5 Å². The number of carbonyl (C=O) groups excluding carboxylic acids is 1. The van der Waals surface area contributed by atoms with Gasteiger partial charge in [0.05, 0.1) is 6.61 Å². The largest absolute Gasteiger partial charge is 0.464 e. The molecule has 1 saturated heterocycles. The molecule has 20 heavy (non-hydrogen) atoms. The van der Waals surface area contributed by atoms with Crippen LogP contribution in [0.3, 0.4) is 0 Å². The van der Waals surface area contributed by atoms with Gasteiger partial charge in [0.15, 0.2) is 0 Å². The van der Waals surface area contributed by atoms with E-state index in [4.69, 9.17) is 4.74 Å². The van der Waals surface area contributed by atoms with Crippen molar-refractivity contribution in [1.29, 1.82) is 0 Å². The number of unbranched alkanes of at least 4 members (excludes halogenated alkanes) is 1. The van der Waals surface area contributed by atoms with Crippen molar-refractivity contribution in [2.24, 2.45) is 11.8 Å². The molecule has 1 aliphatic heterocycles. The normalized spacial score (nSPS) is 30.8. The van der Waals surface area contributed by atoms with Crippen molar-refractivity contribution in [1.82, 2.24) is 5.32 Å². The average Bonchev–Trinajstić information content (AvgIpc) is 2.91. The zero-order chi connectivity index (χ0) is 14.4. The molecular formula is C17H31NO2. The summed E-state index contributed by atoms with van der Waals surface area (Å²) in [5.41, 5.74) is 0. The molecule has 2 rings (SSSR count). The van der Waals surface area contributed by atoms with E-state index in [0.29, 0.717) is 24.5 Å². The minimum Gasteiger partial charge on any atom is -0.464 e. The summed E-state index contributed by atoms with van der Waals surface area (Å²) in [6, 6.07) is 0.537. The van der Waals surface area contributed by atoms with E-state index < -0.39 is 0 Å². The first-order valence-electron chi connectivity index (χ1n) is 8.67. The fourth-order valence-corrected chi connectivity index (χ4v) is 3.70. The Labute approximate surface area is 123 Å². The highest BCUT2D eigenvalue weighted by Crippen LogP contribution is 2.33. The highest BCUT2D eigenvalue weighted by atomic mass is 16.5. The fourth-order valence-electron chi connectivity index (χ4n) is 3.70. The third kappa shape index (κ3) is 4.21. The molecule has 0 spiro atoms. The van der Waals surface area contributed by atoms with E-state index in [2.05, 4.69) is 19.2 Å². The van der Waals surface area contributed by atoms with Crippen molar-refractivity contribution in [3.8, 4) is 0 Å². The smallest absolute Gasteiger partial charge is 0.323 e. The van der Waals surface area contributed by atoms with Crippen LogP contribution in [-0.4, -0.2) is 24.7 Å². The number of fused-ring (bicyclic) bond motifs is 1. The summed E-state index contributed by atoms with van der Waals surface area (Å²) in [5.74, 6) is 1.25. The Balaban J connectivity index is 1.72. The van der Waals surface area contributed by atoms with Crippen LogP contribution in [0, 0.1) is 11.8 Å². The van der Waals surface area contributed by atoms with Crippen molar-refractivity contribution in [2.75, 3.05) is 6.61 Å². The molecule has 0 bridgehead atoms. The first kappa shape index (κ1) is 15.8. The summed E-state index contributed by atoms with van der Waals surface area (Å²) in [5, 5.41) is 3.50. The van der Waals surface area contributed by atoms with E-state index in [-0.39, 0.29) is 12.0 Å². The van der Waals surface area contributed by atoms with Crippen LogP contribution in [0.4, 0.5) is 0 Å². The van der Waals surface area contributed by atoms with Gasteiger partial charge in [0, 0.05) is 6.04 Å². The number of rotatable bonds is 7. The van der Waals surface area contributed by atoms with Crippen LogP contribution in [0.15, 0.2) is 0 Å². The average molecular weight is 281 g/mol. The summed E-state index contributed by atoms with van der Waals surface area (Å²) in [6.45, 7) is 5.02. The number of ether oxygens (including phenoxy) is 1. The van der Waals surface area contributed by atoms with E-state index in [1.807, 2.05) is 0 Å². The molecule has 1 saturated carbocycles. The maximum absolute atomic E-state index is 12.2. The molecule has 2 aliphatic rings. The summed E-state index contributed by atoms with van der Waals surface area (Å²) in [7, 11) is 0. The maximum Gasteiger partial charge on any atom is 0.323 e. The number of hydrogen-bond donors (Lipinski definition) is 1. The maximum atomic E-state index is 12.2. The van der Waals surface area contributed by atoms with Gasteiger partial charge in [-0.2, -0.15) is 0 Å². The van der Waals surface area contributed by atoms with Gasteiger partial charge in [0.2, 0.25) is 0 Å². The van der Waals surface area contributed by atoms with Gasteiger partial charge in [-0.25, -0.2) is 0 Å². The van der Waals surface area contributed by atoms with Crippen LogP contribution in [0.25, 0.3) is 0 Å². The van der Waals surface area contributed by atoms with Gasteiger partial charge in [0.1, 0.15) is 6.04 Å². The number of carbonyl (C=O) groups is 1. The predicted octanol–water partition coefficient (Wildman–Crippen LogP) is 3.67. The number of esters is 1. The van der Waals surface area contributed by atoms with Gasteiger partial charge in [-0.15, -0.1) is 0 Å². The van der Waals surface area contributed by atoms with Crippen LogP contribution in [-0.2, 0) is 9.53 Å². The molecule has 4 unspecified atom stereocenters. The molecule has 3 nitrogen and oxygen atoms in total. The minimum absolute atomic E-state index is 0.00523. The zero-order valence-corrected chi connectivity index (χ0v) is 13.2. The summed E-state index contributed by atoms with van der Waals surface area (Å²) >= 11 is 0. The molecule has 1 aliphatic carbocycles. The lowest BCUT2D eigenvalue weighted by Crippen LogP contribution is -2.38. The first-order valence-corrected chi connectivity index (χ1v) is 8.67. The van der Waals surface area contributed by atoms with E-state index in [0.717, 1.165) is 12.8 Å². The number of hydrogen-bond acceptors (Lipinski definition) is 3. The van der Waals surface area contributed by atoms with Crippen LogP contribution >= 0.6 is 0 Å². The van der Waals surface area contributed by atoms with Crippen molar-refractivity contribution in [2.45, 2.75) is 83.7 Å². The van der Waals surface area contributed by atoms with Crippen LogP contribution < -0.4 is 5.32 Å². The van der Waals surface area contributed by atoms with Gasteiger partial charge in [-0.1, -0.05) is 46.0 Å². The van der Waals surface area contributed by atoms with E-state index in [1.165, 1.54) is 44.9 Å². The molecule has 2 fully saturated rings. The second-order valence-corrected chi connectivity index (χ2v) is 6.65. The van der Waals surface area contributed by atoms with Gasteiger partial charge >= 0.3 is 5.97 Å². The van der Waals surface area contributed by atoms with Crippen LogP contribution in [0.5, 0.6) is 0 Å². The second kappa shape index (κ2) is 8.02. The van der Waals surface area contributed by atoms with Crippen molar-refractivity contribution in [3.05, 3.63) is 0 Å². The standard InChI is InChI=1S/C17H31NO2/c1-3-5-8-13(4-2)12-20-17(19)16-11-14-9-6-7-10-15(14)18-16/h13-16,18H,3-12H2,1-2H3. The Hall–Kier alpha value is -0.570. The van der Waals surface area contributed by atoms with Crippen LogP contribution in [0.2, 0.25) is 0 Å². The van der Waals surface area contributed by atoms with Crippen molar-refractivity contribution < 1.29 is 9.53 Å². The number of nitrogens with one attached hydrogen (secondary N) is 1. The third-order valence-electron chi connectivity index (χ3n) is 5.15. The van der Waals surface area contributed by atoms with E-state index >= 15 is 0 Å². The molecule has 1 N–H and O–H groups in total.